The molecule has 0 radical (unpaired) electrons. The fourth-order valence-corrected chi connectivity index (χ4v) is 1.26. The zero-order valence-electron chi connectivity index (χ0n) is 6.44. The van der Waals surface area contributed by atoms with E-state index in [2.05, 4.69) is 20.6 Å². The van der Waals surface area contributed by atoms with Crippen molar-refractivity contribution >= 4 is 23.3 Å². The van der Waals surface area contributed by atoms with Crippen LogP contribution in [0.1, 0.15) is 5.56 Å². The molecule has 4 nitrogen and oxygen atoms in total. The second kappa shape index (κ2) is 4.28. The lowest BCUT2D eigenvalue weighted by Crippen LogP contribution is -2.21. The summed E-state index contributed by atoms with van der Waals surface area (Å²) >= 11 is 3.13. The van der Waals surface area contributed by atoms with Crippen molar-refractivity contribution in [1.29, 1.82) is 5.26 Å². The lowest BCUT2D eigenvalue weighted by molar-refractivity contribution is 0.288. The third-order valence-corrected chi connectivity index (χ3v) is 1.98. The van der Waals surface area contributed by atoms with Crippen LogP contribution in [0.5, 0.6) is 5.75 Å². The lowest BCUT2D eigenvalue weighted by atomic mass is 10.2. The van der Waals surface area contributed by atoms with Gasteiger partial charge in [-0.25, -0.2) is 0 Å². The van der Waals surface area contributed by atoms with Crippen LogP contribution in [0.3, 0.4) is 0 Å². The zero-order chi connectivity index (χ0) is 9.84. The molecule has 0 aliphatic carbocycles. The summed E-state index contributed by atoms with van der Waals surface area (Å²) in [6, 6.07) is 6.64. The van der Waals surface area contributed by atoms with Gasteiger partial charge in [-0.2, -0.15) is 5.26 Å². The van der Waals surface area contributed by atoms with Gasteiger partial charge in [0.25, 0.3) is 0 Å². The fourth-order valence-electron chi connectivity index (χ4n) is 0.825. The van der Waals surface area contributed by atoms with E-state index in [1.165, 1.54) is 6.07 Å². The minimum Gasteiger partial charge on any atom is -0.511 e. The second-order valence-corrected chi connectivity index (χ2v) is 3.02. The predicted octanol–water partition coefficient (Wildman–Crippen LogP) is 0.669. The molecule has 0 atom stereocenters. The minimum absolute atomic E-state index is 0.131. The first-order chi connectivity index (χ1) is 6.15. The van der Waals surface area contributed by atoms with Crippen molar-refractivity contribution in [3.05, 3.63) is 28.2 Å². The van der Waals surface area contributed by atoms with Crippen molar-refractivity contribution in [3.8, 4) is 11.8 Å². The summed E-state index contributed by atoms with van der Waals surface area (Å²) in [6.07, 6.45) is 0. The van der Waals surface area contributed by atoms with Crippen LogP contribution in [0.15, 0.2) is 22.7 Å². The molecule has 0 aliphatic heterocycles. The maximum absolute atomic E-state index is 8.69. The maximum atomic E-state index is 8.69. The topological polar surface area (TPSA) is 73.5 Å². The summed E-state index contributed by atoms with van der Waals surface area (Å²) in [5.74, 6) is 0.131. The SMILES string of the molecule is N#Cc1c(Br)cccc1OB(O)O. The van der Waals surface area contributed by atoms with Crippen molar-refractivity contribution < 1.29 is 14.7 Å². The van der Waals surface area contributed by atoms with Crippen LogP contribution in [0.4, 0.5) is 0 Å². The molecule has 66 valence electrons. The molecule has 0 bridgehead atoms. The number of benzene rings is 1. The standard InChI is InChI=1S/C7H5BBrNO3/c9-6-2-1-3-7(5(6)4-10)13-8(11)12/h1-3,11-12H. The van der Waals surface area contributed by atoms with E-state index in [9.17, 15) is 0 Å². The number of hydrogen-bond donors (Lipinski definition) is 2. The molecule has 0 heterocycles. The summed E-state index contributed by atoms with van der Waals surface area (Å²) in [7, 11) is -1.92. The van der Waals surface area contributed by atoms with Crippen LogP contribution in [-0.2, 0) is 0 Å². The average molecular weight is 242 g/mol. The maximum Gasteiger partial charge on any atom is 0.707 e. The molecular weight excluding hydrogens is 237 g/mol. The van der Waals surface area contributed by atoms with Crippen molar-refractivity contribution in [2.45, 2.75) is 0 Å². The Morgan fingerprint density at radius 1 is 1.46 bits per heavy atom. The first-order valence-electron chi connectivity index (χ1n) is 3.36. The van der Waals surface area contributed by atoms with E-state index in [0.29, 0.717) is 4.47 Å². The molecule has 1 aromatic carbocycles. The number of hydrogen-bond acceptors (Lipinski definition) is 4. The van der Waals surface area contributed by atoms with Gasteiger partial charge >= 0.3 is 7.32 Å². The Hall–Kier alpha value is -1.03. The largest absolute Gasteiger partial charge is 0.707 e. The quantitative estimate of drug-likeness (QED) is 0.747. The molecular formula is C7H5BBrNO3. The molecule has 0 aromatic heterocycles. The Balaban J connectivity index is 3.07. The Bertz CT molecular complexity index is 350. The Morgan fingerprint density at radius 3 is 2.69 bits per heavy atom. The molecule has 2 N–H and O–H groups in total. The van der Waals surface area contributed by atoms with E-state index in [4.69, 9.17) is 15.3 Å². The van der Waals surface area contributed by atoms with Crippen LogP contribution in [0, 0.1) is 11.3 Å². The van der Waals surface area contributed by atoms with E-state index in [1.54, 1.807) is 12.1 Å². The van der Waals surface area contributed by atoms with Crippen molar-refractivity contribution in [2.24, 2.45) is 0 Å². The minimum atomic E-state index is -1.92. The molecule has 6 heteroatoms. The highest BCUT2D eigenvalue weighted by molar-refractivity contribution is 9.10. The van der Waals surface area contributed by atoms with E-state index < -0.39 is 7.32 Å². The Labute approximate surface area is 83.7 Å². The molecule has 0 spiro atoms. The fraction of sp³-hybridized carbons (Fsp3) is 0. The van der Waals surface area contributed by atoms with Gasteiger partial charge in [-0.3, -0.25) is 0 Å². The summed E-state index contributed by atoms with van der Waals surface area (Å²) in [4.78, 5) is 0. The van der Waals surface area contributed by atoms with Crippen LogP contribution in [-0.4, -0.2) is 17.4 Å². The van der Waals surface area contributed by atoms with Gasteiger partial charge in [0.05, 0.1) is 0 Å². The van der Waals surface area contributed by atoms with Gasteiger partial charge in [-0.05, 0) is 28.1 Å². The molecule has 0 unspecified atom stereocenters. The molecule has 0 saturated carbocycles. The van der Waals surface area contributed by atoms with Crippen molar-refractivity contribution in [1.82, 2.24) is 0 Å². The van der Waals surface area contributed by atoms with Gasteiger partial charge in [0.2, 0.25) is 0 Å². The van der Waals surface area contributed by atoms with E-state index in [1.807, 2.05) is 6.07 Å². The van der Waals surface area contributed by atoms with Gasteiger partial charge in [-0.1, -0.05) is 6.07 Å². The van der Waals surface area contributed by atoms with Crippen LogP contribution < -0.4 is 4.65 Å². The highest BCUT2D eigenvalue weighted by Gasteiger charge is 2.15. The van der Waals surface area contributed by atoms with Crippen LogP contribution in [0.25, 0.3) is 0 Å². The normalized spacial score (nSPS) is 9.08. The average Bonchev–Trinajstić information content (AvgIpc) is 2.03. The lowest BCUT2D eigenvalue weighted by Gasteiger charge is -2.06. The van der Waals surface area contributed by atoms with E-state index in [0.717, 1.165) is 0 Å². The summed E-state index contributed by atoms with van der Waals surface area (Å²) in [5, 5.41) is 25.7. The highest BCUT2D eigenvalue weighted by Crippen LogP contribution is 2.25. The van der Waals surface area contributed by atoms with Crippen LogP contribution >= 0.6 is 15.9 Å². The number of nitriles is 1. The molecule has 0 saturated heterocycles. The van der Waals surface area contributed by atoms with Gasteiger partial charge in [0, 0.05) is 4.47 Å². The van der Waals surface area contributed by atoms with E-state index in [-0.39, 0.29) is 11.3 Å². The molecule has 0 aliphatic rings. The Morgan fingerprint density at radius 2 is 2.15 bits per heavy atom. The molecule has 13 heavy (non-hydrogen) atoms. The van der Waals surface area contributed by atoms with E-state index >= 15 is 0 Å². The smallest absolute Gasteiger partial charge is 0.511 e. The molecule has 1 rings (SSSR count). The van der Waals surface area contributed by atoms with Gasteiger partial charge in [-0.15, -0.1) is 0 Å². The summed E-state index contributed by atoms with van der Waals surface area (Å²) in [6.45, 7) is 0. The third kappa shape index (κ3) is 2.46. The number of halogens is 1. The highest BCUT2D eigenvalue weighted by atomic mass is 79.9. The second-order valence-electron chi connectivity index (χ2n) is 2.17. The van der Waals surface area contributed by atoms with Gasteiger partial charge in [0.15, 0.2) is 0 Å². The first kappa shape index (κ1) is 10.1. The van der Waals surface area contributed by atoms with Crippen molar-refractivity contribution in [3.63, 3.8) is 0 Å². The first-order valence-corrected chi connectivity index (χ1v) is 4.16. The number of nitrogens with zero attached hydrogens (tertiary/aromatic N) is 1. The monoisotopic (exact) mass is 241 g/mol. The molecule has 0 fully saturated rings. The molecule has 1 aromatic rings. The molecule has 0 amide bonds. The summed E-state index contributed by atoms with van der Waals surface area (Å²) < 4.78 is 5.12. The predicted molar refractivity (Wildman–Crippen MR) is 49.7 cm³/mol. The van der Waals surface area contributed by atoms with Crippen LogP contribution in [0.2, 0.25) is 0 Å². The van der Waals surface area contributed by atoms with Gasteiger partial charge in [0.1, 0.15) is 17.4 Å². The zero-order valence-corrected chi connectivity index (χ0v) is 8.02. The number of rotatable bonds is 2. The van der Waals surface area contributed by atoms with Crippen molar-refractivity contribution in [2.75, 3.05) is 0 Å². The third-order valence-electron chi connectivity index (χ3n) is 1.32. The van der Waals surface area contributed by atoms with Gasteiger partial charge < -0.3 is 14.7 Å². The summed E-state index contributed by atoms with van der Waals surface area (Å²) in [5.41, 5.74) is 0.232. The Kier molecular flexibility index (Phi) is 3.31.